The number of carboxylic acids is 1. The van der Waals surface area contributed by atoms with E-state index in [0.29, 0.717) is 5.56 Å². The minimum Gasteiger partial charge on any atom is -0.481 e. The molecule has 1 saturated carbocycles. The predicted molar refractivity (Wildman–Crippen MR) is 106 cm³/mol. The summed E-state index contributed by atoms with van der Waals surface area (Å²) in [4.78, 5) is 12.3. The van der Waals surface area contributed by atoms with Crippen LogP contribution in [0.2, 0.25) is 0 Å². The van der Waals surface area contributed by atoms with Crippen molar-refractivity contribution in [3.8, 4) is 11.1 Å². The van der Waals surface area contributed by atoms with Crippen molar-refractivity contribution in [2.24, 2.45) is 5.92 Å². The zero-order valence-electron chi connectivity index (χ0n) is 16.5. The first-order valence-electron chi connectivity index (χ1n) is 9.14. The Morgan fingerprint density at radius 3 is 2.33 bits per heavy atom. The first-order chi connectivity index (χ1) is 13.9. The molecular weight excluding hydrogens is 441 g/mol. The molecule has 5 nitrogen and oxygen atoms in total. The van der Waals surface area contributed by atoms with Crippen molar-refractivity contribution in [2.45, 2.75) is 49.1 Å². The molecule has 0 spiro atoms. The molecule has 1 fully saturated rings. The van der Waals surface area contributed by atoms with Crippen molar-refractivity contribution >= 4 is 27.1 Å². The number of hydrogen-bond acceptors (Lipinski definition) is 5. The molecule has 30 heavy (non-hydrogen) atoms. The topological polar surface area (TPSA) is 80.7 Å². The van der Waals surface area contributed by atoms with Gasteiger partial charge in [-0.25, -0.2) is 8.42 Å². The number of aliphatic carboxylic acids is 1. The molecule has 1 aromatic carbocycles. The Hall–Kier alpha value is -1.91. The number of alkyl halides is 3. The number of methoxy groups -OCH3 is 1. The number of ether oxygens (including phenoxy) is 1. The van der Waals surface area contributed by atoms with E-state index in [0.717, 1.165) is 21.9 Å². The smallest absolute Gasteiger partial charge is 0.417 e. The summed E-state index contributed by atoms with van der Waals surface area (Å²) in [7, 11) is -3.17. The fraction of sp³-hybridized carbons (Fsp3) is 0.450. The summed E-state index contributed by atoms with van der Waals surface area (Å²) in [5.74, 6) is -2.31. The Kier molecular flexibility index (Phi) is 6.05. The van der Waals surface area contributed by atoms with E-state index in [9.17, 15) is 31.5 Å². The first-order valence-corrected chi connectivity index (χ1v) is 11.5. The molecule has 3 rings (SSSR count). The van der Waals surface area contributed by atoms with Crippen LogP contribution < -0.4 is 0 Å². The van der Waals surface area contributed by atoms with Gasteiger partial charge < -0.3 is 9.84 Å². The number of thiophene rings is 1. The summed E-state index contributed by atoms with van der Waals surface area (Å²) in [6.07, 6.45) is -6.22. The second kappa shape index (κ2) is 7.97. The van der Waals surface area contributed by atoms with E-state index in [1.807, 2.05) is 6.92 Å². The minimum absolute atomic E-state index is 0.169. The Morgan fingerprint density at radius 1 is 1.20 bits per heavy atom. The fourth-order valence-corrected chi connectivity index (χ4v) is 6.94. The van der Waals surface area contributed by atoms with Gasteiger partial charge in [-0.15, -0.1) is 11.3 Å². The highest BCUT2D eigenvalue weighted by atomic mass is 32.2. The van der Waals surface area contributed by atoms with Crippen LogP contribution in [0.5, 0.6) is 0 Å². The molecule has 1 N–H and O–H groups in total. The lowest BCUT2D eigenvalue weighted by atomic mass is 10.0. The van der Waals surface area contributed by atoms with Crippen LogP contribution in [-0.4, -0.2) is 38.0 Å². The number of halogens is 3. The van der Waals surface area contributed by atoms with Gasteiger partial charge in [0.25, 0.3) is 0 Å². The molecule has 0 amide bonds. The van der Waals surface area contributed by atoms with Crippen LogP contribution in [0.25, 0.3) is 11.1 Å². The Labute approximate surface area is 176 Å². The lowest BCUT2D eigenvalue weighted by molar-refractivity contribution is -0.145. The molecule has 0 bridgehead atoms. The second-order valence-corrected chi connectivity index (χ2v) is 11.0. The van der Waals surface area contributed by atoms with Crippen LogP contribution >= 0.6 is 11.3 Å². The highest BCUT2D eigenvalue weighted by Crippen LogP contribution is 2.42. The molecule has 3 atom stereocenters. The zero-order valence-corrected chi connectivity index (χ0v) is 18.1. The van der Waals surface area contributed by atoms with E-state index in [4.69, 9.17) is 4.74 Å². The second-order valence-electron chi connectivity index (χ2n) is 7.39. The average molecular weight is 463 g/mol. The number of sulfone groups is 1. The van der Waals surface area contributed by atoms with E-state index in [-0.39, 0.29) is 18.4 Å². The van der Waals surface area contributed by atoms with Gasteiger partial charge in [-0.2, -0.15) is 13.2 Å². The molecule has 0 unspecified atom stereocenters. The van der Waals surface area contributed by atoms with Gasteiger partial charge in [0.1, 0.15) is 0 Å². The third kappa shape index (κ3) is 4.13. The monoisotopic (exact) mass is 462 g/mol. The summed E-state index contributed by atoms with van der Waals surface area (Å²) >= 11 is 1.44. The Bertz CT molecular complexity index is 1070. The Balaban J connectivity index is 2.09. The minimum atomic E-state index is -4.89. The summed E-state index contributed by atoms with van der Waals surface area (Å²) in [5.41, 5.74) is -0.332. The molecule has 1 aromatic heterocycles. The first kappa shape index (κ1) is 22.8. The SMILES string of the molecule is CO[C@H]1C[C@@H](S(=O)(=O)c2ccc(-c3cc(C)sc3C)cc2C(F)(F)F)C[C@@H]1C(=O)O. The van der Waals surface area contributed by atoms with Crippen LogP contribution in [0.15, 0.2) is 29.2 Å². The third-order valence-corrected chi connectivity index (χ3v) is 8.66. The average Bonchev–Trinajstić information content (AvgIpc) is 3.24. The third-order valence-electron chi connectivity index (χ3n) is 5.46. The van der Waals surface area contributed by atoms with Crippen LogP contribution in [-0.2, 0) is 25.5 Å². The maximum atomic E-state index is 13.8. The van der Waals surface area contributed by atoms with Crippen molar-refractivity contribution in [1.82, 2.24) is 0 Å². The van der Waals surface area contributed by atoms with Gasteiger partial charge in [-0.05, 0) is 56.0 Å². The fourth-order valence-electron chi connectivity index (χ4n) is 3.99. The largest absolute Gasteiger partial charge is 0.481 e. The zero-order chi connectivity index (χ0) is 22.4. The lowest BCUT2D eigenvalue weighted by Gasteiger charge is -2.18. The standard InChI is InChI=1S/C20H21F3O5S2/c1-10-6-14(11(2)29-10)12-4-5-18(16(7-12)20(21,22)23)30(26,27)13-8-15(19(24)25)17(9-13)28-3/h4-7,13,15,17H,8-9H2,1-3H3,(H,24,25)/t13-,15-,17-/m0/s1. The van der Waals surface area contributed by atoms with Crippen molar-refractivity contribution in [2.75, 3.05) is 7.11 Å². The molecule has 0 radical (unpaired) electrons. The summed E-state index contributed by atoms with van der Waals surface area (Å²) in [5, 5.41) is 8.03. The maximum Gasteiger partial charge on any atom is 0.417 e. The molecule has 0 aliphatic heterocycles. The van der Waals surface area contributed by atoms with Gasteiger partial charge in [0.15, 0.2) is 9.84 Å². The van der Waals surface area contributed by atoms with Crippen molar-refractivity contribution in [3.63, 3.8) is 0 Å². The molecular formula is C20H21F3O5S2. The van der Waals surface area contributed by atoms with E-state index in [1.165, 1.54) is 24.5 Å². The highest BCUT2D eigenvalue weighted by Gasteiger charge is 2.47. The maximum absolute atomic E-state index is 13.8. The number of carbonyl (C=O) groups is 1. The molecule has 164 valence electrons. The van der Waals surface area contributed by atoms with Gasteiger partial charge in [-0.3, -0.25) is 4.79 Å². The van der Waals surface area contributed by atoms with E-state index < -0.39 is 49.7 Å². The summed E-state index contributed by atoms with van der Waals surface area (Å²) in [6.45, 7) is 3.64. The van der Waals surface area contributed by atoms with E-state index >= 15 is 0 Å². The molecule has 0 saturated heterocycles. The lowest BCUT2D eigenvalue weighted by Crippen LogP contribution is -2.24. The number of hydrogen-bond donors (Lipinski definition) is 1. The van der Waals surface area contributed by atoms with Crippen molar-refractivity contribution < 1.29 is 36.2 Å². The van der Waals surface area contributed by atoms with Crippen LogP contribution in [0.1, 0.15) is 28.2 Å². The molecule has 1 aliphatic carbocycles. The van der Waals surface area contributed by atoms with Crippen molar-refractivity contribution in [1.29, 1.82) is 0 Å². The highest BCUT2D eigenvalue weighted by molar-refractivity contribution is 7.92. The van der Waals surface area contributed by atoms with Crippen LogP contribution in [0.3, 0.4) is 0 Å². The molecule has 1 aliphatic rings. The van der Waals surface area contributed by atoms with Gasteiger partial charge in [-0.1, -0.05) is 6.07 Å². The Morgan fingerprint density at radius 2 is 1.87 bits per heavy atom. The number of rotatable bonds is 5. The quantitative estimate of drug-likeness (QED) is 0.697. The van der Waals surface area contributed by atoms with Gasteiger partial charge in [0.2, 0.25) is 0 Å². The van der Waals surface area contributed by atoms with Crippen molar-refractivity contribution in [3.05, 3.63) is 39.6 Å². The molecule has 1 heterocycles. The van der Waals surface area contributed by atoms with Gasteiger partial charge in [0.05, 0.1) is 27.7 Å². The van der Waals surface area contributed by atoms with E-state index in [1.54, 1.807) is 13.0 Å². The normalized spacial score (nSPS) is 22.4. The molecule has 2 aromatic rings. The number of carboxylic acid groups (broad SMARTS) is 1. The predicted octanol–water partition coefficient (Wildman–Crippen LogP) is 4.70. The number of aryl methyl sites for hydroxylation is 2. The summed E-state index contributed by atoms with van der Waals surface area (Å²) in [6, 6.07) is 4.98. The van der Waals surface area contributed by atoms with Crippen LogP contribution in [0.4, 0.5) is 13.2 Å². The van der Waals surface area contributed by atoms with Gasteiger partial charge >= 0.3 is 12.1 Å². The molecule has 10 heteroatoms. The van der Waals surface area contributed by atoms with Crippen LogP contribution in [0, 0.1) is 19.8 Å². The van der Waals surface area contributed by atoms with Gasteiger partial charge in [0, 0.05) is 16.9 Å². The summed E-state index contributed by atoms with van der Waals surface area (Å²) < 4.78 is 72.8. The number of benzene rings is 1. The van der Waals surface area contributed by atoms with E-state index in [2.05, 4.69) is 0 Å².